The van der Waals surface area contributed by atoms with Crippen LogP contribution in [0.2, 0.25) is 0 Å². The van der Waals surface area contributed by atoms with Gasteiger partial charge in [0.15, 0.2) is 18.4 Å². The lowest BCUT2D eigenvalue weighted by molar-refractivity contribution is -0.166. The van der Waals surface area contributed by atoms with Crippen LogP contribution in [-0.2, 0) is 47.2 Å². The van der Waals surface area contributed by atoms with E-state index in [0.29, 0.717) is 6.42 Å². The molecule has 15 heteroatoms. The van der Waals surface area contributed by atoms with Gasteiger partial charge >= 0.3 is 25.6 Å². The molecule has 0 aromatic heterocycles. The average molecular weight is 547 g/mol. The number of carbonyl (C=O) groups is 4. The summed E-state index contributed by atoms with van der Waals surface area (Å²) in [6.45, 7) is 6.87. The van der Waals surface area contributed by atoms with E-state index in [1.54, 1.807) is 26.1 Å². The quantitative estimate of drug-likeness (QED) is 0.174. The van der Waals surface area contributed by atoms with E-state index < -0.39 is 68.7 Å². The summed E-state index contributed by atoms with van der Waals surface area (Å²) in [5, 5.41) is 5.37. The minimum Gasteiger partial charge on any atom is -0.468 e. The topological polar surface area (TPSA) is 185 Å². The molecule has 0 aromatic carbocycles. The molecule has 4 N–H and O–H groups in total. The fourth-order valence-corrected chi connectivity index (χ4v) is 5.62. The van der Waals surface area contributed by atoms with E-state index in [4.69, 9.17) is 24.5 Å². The molecule has 14 nitrogen and oxygen atoms in total. The molecule has 0 spiro atoms. The summed E-state index contributed by atoms with van der Waals surface area (Å²) in [5.41, 5.74) is 5.69. The van der Waals surface area contributed by atoms with Gasteiger partial charge in [-0.3, -0.25) is 23.7 Å². The van der Waals surface area contributed by atoms with Crippen LogP contribution < -0.4 is 15.9 Å². The number of ether oxygens (including phenoxy) is 4. The van der Waals surface area contributed by atoms with E-state index in [1.807, 2.05) is 0 Å². The highest BCUT2D eigenvalue weighted by Crippen LogP contribution is 2.41. The van der Waals surface area contributed by atoms with E-state index >= 15 is 0 Å². The number of nitrogens with one attached hydrogen (secondary N) is 2. The number of amides is 1. The van der Waals surface area contributed by atoms with Gasteiger partial charge in [-0.2, -0.15) is 0 Å². The zero-order valence-corrected chi connectivity index (χ0v) is 22.6. The van der Waals surface area contributed by atoms with Crippen molar-refractivity contribution in [1.82, 2.24) is 15.1 Å². The first kappa shape index (κ1) is 30.5. The number of carbonyl (C=O) groups excluding carboxylic acids is 4. The van der Waals surface area contributed by atoms with Crippen molar-refractivity contribution in [2.24, 2.45) is 5.73 Å². The van der Waals surface area contributed by atoms with E-state index in [1.165, 1.54) is 39.0 Å². The normalized spacial score (nSPS) is 25.7. The van der Waals surface area contributed by atoms with Crippen molar-refractivity contribution in [3.63, 3.8) is 0 Å². The Bertz CT molecular complexity index is 985. The van der Waals surface area contributed by atoms with Crippen molar-refractivity contribution in [2.75, 3.05) is 13.7 Å². The molecule has 2 rings (SSSR count). The molecular formula is C22H35N4O10P. The summed E-state index contributed by atoms with van der Waals surface area (Å²) in [6.07, 6.45) is 0.626. The van der Waals surface area contributed by atoms with Crippen LogP contribution >= 0.6 is 7.67 Å². The second kappa shape index (κ2) is 13.2. The third-order valence-electron chi connectivity index (χ3n) is 5.19. The molecule has 0 saturated carbocycles. The highest BCUT2D eigenvalue weighted by Gasteiger charge is 2.52. The van der Waals surface area contributed by atoms with E-state index in [0.717, 1.165) is 0 Å². The van der Waals surface area contributed by atoms with Gasteiger partial charge in [0.2, 0.25) is 5.91 Å². The second-order valence-corrected chi connectivity index (χ2v) is 10.7. The Morgan fingerprint density at radius 3 is 2.30 bits per heavy atom. The highest BCUT2D eigenvalue weighted by atomic mass is 31.2. The van der Waals surface area contributed by atoms with Crippen LogP contribution in [0.25, 0.3) is 0 Å². The fourth-order valence-electron chi connectivity index (χ4n) is 3.75. The molecule has 1 unspecified atom stereocenters. The molecular weight excluding hydrogens is 511 g/mol. The zero-order chi connectivity index (χ0) is 27.9. The molecule has 2 heterocycles. The predicted molar refractivity (Wildman–Crippen MR) is 129 cm³/mol. The maximum absolute atomic E-state index is 13.5. The molecule has 1 fully saturated rings. The molecule has 0 bridgehead atoms. The van der Waals surface area contributed by atoms with Gasteiger partial charge in [0.05, 0.1) is 13.7 Å². The Morgan fingerprint density at radius 1 is 1.14 bits per heavy atom. The molecule has 208 valence electrons. The number of rotatable bonds is 12. The number of esters is 3. The van der Waals surface area contributed by atoms with Gasteiger partial charge in [-0.25, -0.2) is 10.2 Å². The maximum atomic E-state index is 13.5. The molecule has 0 aliphatic carbocycles. The van der Waals surface area contributed by atoms with Crippen molar-refractivity contribution >= 4 is 31.5 Å². The van der Waals surface area contributed by atoms with Crippen LogP contribution in [0, 0.1) is 0 Å². The Balaban J connectivity index is 2.35. The Labute approximate surface area is 215 Å². The number of hydrogen-bond acceptors (Lipinski definition) is 11. The largest absolute Gasteiger partial charge is 0.468 e. The van der Waals surface area contributed by atoms with Crippen LogP contribution in [0.15, 0.2) is 24.0 Å². The van der Waals surface area contributed by atoms with Gasteiger partial charge in [0.25, 0.3) is 0 Å². The van der Waals surface area contributed by atoms with E-state index in [9.17, 15) is 23.7 Å². The van der Waals surface area contributed by atoms with Gasteiger partial charge in [0.1, 0.15) is 12.1 Å². The molecule has 1 saturated heterocycles. The van der Waals surface area contributed by atoms with Gasteiger partial charge < -0.3 is 34.1 Å². The average Bonchev–Trinajstić information content (AvgIpc) is 3.12. The molecule has 2 aliphatic rings. The van der Waals surface area contributed by atoms with Crippen molar-refractivity contribution in [3.8, 4) is 0 Å². The molecule has 0 radical (unpaired) electrons. The number of nitrogens with two attached hydrogens (primary N) is 1. The van der Waals surface area contributed by atoms with Gasteiger partial charge in [-0.05, 0) is 27.2 Å². The van der Waals surface area contributed by atoms with E-state index in [2.05, 4.69) is 14.9 Å². The van der Waals surface area contributed by atoms with Crippen molar-refractivity contribution in [3.05, 3.63) is 24.0 Å². The molecule has 1 amide bonds. The molecule has 6 atom stereocenters. The standard InChI is InChI=1S/C22H35N4O10P/c1-12(2)24-37(31,25-13(3)22(30)32-6)33-11-17-18(34-14(4)27)19(35-15(5)28)21(36-17)26-9-7-8-16(10-26)20(23)29/h7,9-10,12-13,17-19,21H,8,11H2,1-6H3,(H2,23,29)(H2,24,25,31)/t13-,17+,18+,19+,21+,37?/m0/s1. The summed E-state index contributed by atoms with van der Waals surface area (Å²) < 4.78 is 40.8. The first-order chi connectivity index (χ1) is 17.3. The summed E-state index contributed by atoms with van der Waals surface area (Å²) in [7, 11) is -2.67. The van der Waals surface area contributed by atoms with Crippen LogP contribution in [0.1, 0.15) is 41.0 Å². The lowest BCUT2D eigenvalue weighted by Gasteiger charge is -2.30. The zero-order valence-electron chi connectivity index (χ0n) is 21.7. The lowest BCUT2D eigenvalue weighted by atomic mass is 10.1. The number of primary amides is 1. The minimum absolute atomic E-state index is 0.281. The third-order valence-corrected chi connectivity index (χ3v) is 7.28. The molecule has 0 aromatic rings. The number of methoxy groups -OCH3 is 1. The SMILES string of the molecule is COC(=O)[C@H](C)NP(=O)(NC(C)C)OC[C@H]1O[C@@H](N2C=CCC(C(N)=O)=C2)[C@H](OC(C)=O)[C@@H]1OC(C)=O. The monoisotopic (exact) mass is 546 g/mol. The smallest absolute Gasteiger partial charge is 0.341 e. The predicted octanol–water partition coefficient (Wildman–Crippen LogP) is 0.437. The van der Waals surface area contributed by atoms with Crippen molar-refractivity contribution in [2.45, 2.75) is 77.7 Å². The van der Waals surface area contributed by atoms with Gasteiger partial charge in [-0.1, -0.05) is 6.08 Å². The van der Waals surface area contributed by atoms with Crippen LogP contribution in [0.3, 0.4) is 0 Å². The Hall–Kier alpha value is -2.77. The Kier molecular flexibility index (Phi) is 10.8. The van der Waals surface area contributed by atoms with Gasteiger partial charge in [-0.15, -0.1) is 0 Å². The summed E-state index contributed by atoms with van der Waals surface area (Å²) >= 11 is 0. The van der Waals surface area contributed by atoms with Crippen molar-refractivity contribution < 1.29 is 47.2 Å². The summed E-state index contributed by atoms with van der Waals surface area (Å²) in [5.74, 6) is -2.65. The lowest BCUT2D eigenvalue weighted by Crippen LogP contribution is -2.45. The van der Waals surface area contributed by atoms with Crippen LogP contribution in [0.4, 0.5) is 0 Å². The van der Waals surface area contributed by atoms with Crippen molar-refractivity contribution in [1.29, 1.82) is 0 Å². The minimum atomic E-state index is -3.86. The number of nitrogens with zero attached hydrogens (tertiary/aromatic N) is 1. The summed E-state index contributed by atoms with van der Waals surface area (Å²) in [4.78, 5) is 48.9. The second-order valence-electron chi connectivity index (χ2n) is 8.77. The highest BCUT2D eigenvalue weighted by molar-refractivity contribution is 7.54. The first-order valence-electron chi connectivity index (χ1n) is 11.6. The Morgan fingerprint density at radius 2 is 1.76 bits per heavy atom. The fraction of sp³-hybridized carbons (Fsp3) is 0.636. The van der Waals surface area contributed by atoms with Crippen LogP contribution in [0.5, 0.6) is 0 Å². The third kappa shape index (κ3) is 8.64. The van der Waals surface area contributed by atoms with Crippen LogP contribution in [-0.4, -0.2) is 79.1 Å². The maximum Gasteiger partial charge on any atom is 0.341 e. The summed E-state index contributed by atoms with van der Waals surface area (Å²) in [6, 6.07) is -1.29. The first-order valence-corrected chi connectivity index (χ1v) is 13.2. The van der Waals surface area contributed by atoms with E-state index in [-0.39, 0.29) is 11.6 Å². The molecule has 2 aliphatic heterocycles. The number of hydrogen-bond donors (Lipinski definition) is 3. The number of allylic oxidation sites excluding steroid dienone is 1. The van der Waals surface area contributed by atoms with Gasteiger partial charge in [0, 0.05) is 37.9 Å². The molecule has 37 heavy (non-hydrogen) atoms.